The van der Waals surface area contributed by atoms with Crippen molar-refractivity contribution >= 4 is 5.91 Å². The summed E-state index contributed by atoms with van der Waals surface area (Å²) in [7, 11) is 1.67. The molecule has 0 bridgehead atoms. The van der Waals surface area contributed by atoms with Crippen LogP contribution in [-0.4, -0.2) is 48.8 Å². The van der Waals surface area contributed by atoms with Crippen LogP contribution in [0.5, 0.6) is 11.5 Å². The normalized spacial score (nSPS) is 27.9. The number of rotatable bonds is 8. The maximum atomic E-state index is 13.2. The molecular weight excluding hydrogens is 390 g/mol. The minimum atomic E-state index is -0.511. The van der Waals surface area contributed by atoms with Crippen molar-refractivity contribution < 1.29 is 19.4 Å². The van der Waals surface area contributed by atoms with Gasteiger partial charge >= 0.3 is 0 Å². The zero-order valence-corrected chi connectivity index (χ0v) is 19.4. The molecule has 4 rings (SSSR count). The first-order chi connectivity index (χ1) is 14.9. The Morgan fingerprint density at radius 2 is 1.90 bits per heavy atom. The second-order valence-electron chi connectivity index (χ2n) is 10.4. The van der Waals surface area contributed by atoms with Crippen molar-refractivity contribution in [1.29, 1.82) is 0 Å². The monoisotopic (exact) mass is 429 g/mol. The van der Waals surface area contributed by atoms with Crippen LogP contribution in [0.15, 0.2) is 18.2 Å². The van der Waals surface area contributed by atoms with Gasteiger partial charge in [0.05, 0.1) is 19.8 Å². The molecule has 0 radical (unpaired) electrons. The number of aliphatic hydroxyl groups is 1. The van der Waals surface area contributed by atoms with Crippen LogP contribution in [0.4, 0.5) is 0 Å². The molecule has 1 heterocycles. The number of hydrogen-bond acceptors (Lipinski definition) is 4. The molecule has 1 aliphatic heterocycles. The van der Waals surface area contributed by atoms with E-state index in [-0.39, 0.29) is 17.2 Å². The van der Waals surface area contributed by atoms with E-state index in [1.54, 1.807) is 7.11 Å². The average molecular weight is 430 g/mol. The van der Waals surface area contributed by atoms with E-state index in [1.165, 1.54) is 44.9 Å². The molecule has 3 fully saturated rings. The zero-order chi connectivity index (χ0) is 22.0. The number of carbonyl (C=O) groups is 1. The third-order valence-electron chi connectivity index (χ3n) is 7.99. The average Bonchev–Trinajstić information content (AvgIpc) is 3.53. The van der Waals surface area contributed by atoms with Crippen molar-refractivity contribution in [3.63, 3.8) is 0 Å². The maximum Gasteiger partial charge on any atom is 0.222 e. The highest BCUT2D eigenvalue weighted by Gasteiger charge is 2.48. The fourth-order valence-corrected chi connectivity index (χ4v) is 5.40. The lowest BCUT2D eigenvalue weighted by molar-refractivity contribution is -0.132. The van der Waals surface area contributed by atoms with E-state index in [0.717, 1.165) is 23.7 Å². The van der Waals surface area contributed by atoms with Gasteiger partial charge in [0.1, 0.15) is 0 Å². The Labute approximate surface area is 187 Å². The van der Waals surface area contributed by atoms with Gasteiger partial charge in [-0.15, -0.1) is 0 Å². The molecule has 31 heavy (non-hydrogen) atoms. The molecule has 5 nitrogen and oxygen atoms in total. The lowest BCUT2D eigenvalue weighted by Crippen LogP contribution is -2.38. The lowest BCUT2D eigenvalue weighted by Gasteiger charge is -2.34. The van der Waals surface area contributed by atoms with Crippen LogP contribution in [-0.2, 0) is 4.79 Å². The summed E-state index contributed by atoms with van der Waals surface area (Å²) in [5, 5.41) is 10.7. The van der Waals surface area contributed by atoms with Gasteiger partial charge in [-0.05, 0) is 62.1 Å². The Balaban J connectivity index is 1.52. The van der Waals surface area contributed by atoms with Crippen molar-refractivity contribution in [2.45, 2.75) is 77.2 Å². The molecule has 1 saturated heterocycles. The fourth-order valence-electron chi connectivity index (χ4n) is 5.40. The van der Waals surface area contributed by atoms with Crippen molar-refractivity contribution in [3.8, 4) is 11.5 Å². The summed E-state index contributed by atoms with van der Waals surface area (Å²) >= 11 is 0. The first-order valence-electron chi connectivity index (χ1n) is 12.2. The number of aliphatic hydroxyl groups excluding tert-OH is 1. The summed E-state index contributed by atoms with van der Waals surface area (Å²) in [6.45, 7) is 5.96. The Morgan fingerprint density at radius 1 is 1.16 bits per heavy atom. The highest BCUT2D eigenvalue weighted by atomic mass is 16.5. The summed E-state index contributed by atoms with van der Waals surface area (Å²) in [5.41, 5.74) is 0.730. The van der Waals surface area contributed by atoms with Crippen molar-refractivity contribution in [1.82, 2.24) is 4.90 Å². The van der Waals surface area contributed by atoms with Crippen molar-refractivity contribution in [2.75, 3.05) is 26.8 Å². The number of nitrogens with zero attached hydrogens (tertiary/aromatic N) is 1. The minimum absolute atomic E-state index is 0.0667. The molecule has 2 saturated carbocycles. The minimum Gasteiger partial charge on any atom is -0.493 e. The molecular formula is C26H39NO4. The summed E-state index contributed by atoms with van der Waals surface area (Å²) < 4.78 is 11.6. The first kappa shape index (κ1) is 22.4. The molecule has 0 aromatic heterocycles. The predicted octanol–water partition coefficient (Wildman–Crippen LogP) is 4.77. The molecule has 3 aliphatic rings. The van der Waals surface area contributed by atoms with E-state index in [9.17, 15) is 9.90 Å². The number of benzene rings is 1. The molecule has 2 aliphatic carbocycles. The van der Waals surface area contributed by atoms with E-state index in [1.807, 2.05) is 17.9 Å². The highest BCUT2D eigenvalue weighted by Crippen LogP contribution is 2.47. The molecule has 5 heteroatoms. The number of likely N-dealkylation sites (tertiary alicyclic amines) is 1. The highest BCUT2D eigenvalue weighted by molar-refractivity contribution is 5.77. The molecule has 1 aromatic rings. The van der Waals surface area contributed by atoms with Crippen LogP contribution >= 0.6 is 0 Å². The molecule has 172 valence electrons. The second kappa shape index (κ2) is 9.40. The summed E-state index contributed by atoms with van der Waals surface area (Å²) in [5.74, 6) is 3.02. The predicted molar refractivity (Wildman–Crippen MR) is 122 cm³/mol. The van der Waals surface area contributed by atoms with Gasteiger partial charge in [0.15, 0.2) is 11.5 Å². The number of carbonyl (C=O) groups excluding carboxylic acids is 1. The second-order valence-corrected chi connectivity index (χ2v) is 10.4. The third kappa shape index (κ3) is 5.02. The van der Waals surface area contributed by atoms with Gasteiger partial charge in [0, 0.05) is 30.8 Å². The SMILES string of the molecule is COc1ccc([C@@H]2CN(C(=O)CC3CCCCC3)C[C@@]2(C)[C@@H](C)O)cc1OCC1CC1. The van der Waals surface area contributed by atoms with Gasteiger partial charge in [-0.1, -0.05) is 32.3 Å². The van der Waals surface area contributed by atoms with Gasteiger partial charge in [-0.2, -0.15) is 0 Å². The number of ether oxygens (including phenoxy) is 2. The fraction of sp³-hybridized carbons (Fsp3) is 0.731. The maximum absolute atomic E-state index is 13.2. The summed E-state index contributed by atoms with van der Waals surface area (Å²) in [4.78, 5) is 15.2. The van der Waals surface area contributed by atoms with Gasteiger partial charge in [0.2, 0.25) is 5.91 Å². The summed E-state index contributed by atoms with van der Waals surface area (Å²) in [6.07, 6.45) is 8.78. The van der Waals surface area contributed by atoms with E-state index in [2.05, 4.69) is 19.1 Å². The number of hydrogen-bond donors (Lipinski definition) is 1. The Kier molecular flexibility index (Phi) is 6.80. The Hall–Kier alpha value is -1.75. The van der Waals surface area contributed by atoms with E-state index < -0.39 is 6.10 Å². The van der Waals surface area contributed by atoms with Gasteiger partial charge < -0.3 is 19.5 Å². The van der Waals surface area contributed by atoms with Crippen LogP contribution in [0, 0.1) is 17.3 Å². The third-order valence-corrected chi connectivity index (χ3v) is 7.99. The molecule has 0 unspecified atom stereocenters. The largest absolute Gasteiger partial charge is 0.493 e. The van der Waals surface area contributed by atoms with Gasteiger partial charge in [0.25, 0.3) is 0 Å². The first-order valence-corrected chi connectivity index (χ1v) is 12.2. The lowest BCUT2D eigenvalue weighted by atomic mass is 9.72. The Morgan fingerprint density at radius 3 is 2.55 bits per heavy atom. The van der Waals surface area contributed by atoms with Crippen molar-refractivity contribution in [2.24, 2.45) is 17.3 Å². The number of methoxy groups -OCH3 is 1. The summed E-state index contributed by atoms with van der Waals surface area (Å²) in [6, 6.07) is 6.11. The van der Waals surface area contributed by atoms with E-state index in [4.69, 9.17) is 9.47 Å². The molecule has 1 aromatic carbocycles. The molecule has 0 spiro atoms. The molecule has 1 N–H and O–H groups in total. The number of amides is 1. The van der Waals surface area contributed by atoms with Crippen LogP contribution in [0.2, 0.25) is 0 Å². The van der Waals surface area contributed by atoms with Gasteiger partial charge in [-0.25, -0.2) is 0 Å². The molecule has 3 atom stereocenters. The van der Waals surface area contributed by atoms with Crippen LogP contribution < -0.4 is 9.47 Å². The van der Waals surface area contributed by atoms with Crippen LogP contribution in [0.25, 0.3) is 0 Å². The topological polar surface area (TPSA) is 59.0 Å². The van der Waals surface area contributed by atoms with Crippen LogP contribution in [0.1, 0.15) is 76.7 Å². The zero-order valence-electron chi connectivity index (χ0n) is 19.4. The van der Waals surface area contributed by atoms with E-state index >= 15 is 0 Å². The smallest absolute Gasteiger partial charge is 0.222 e. The molecule has 1 amide bonds. The van der Waals surface area contributed by atoms with E-state index in [0.29, 0.717) is 31.3 Å². The standard InChI is InChI=1S/C26H39NO4/c1-18(28)26(2)17-27(25(29)13-19-7-5-4-6-8-19)15-22(26)21-11-12-23(30-3)24(14-21)31-16-20-9-10-20/h11-12,14,18-20,22,28H,4-10,13,15-17H2,1-3H3/t18-,22+,26+/m1/s1. The Bertz CT molecular complexity index is 769. The van der Waals surface area contributed by atoms with Gasteiger partial charge in [-0.3, -0.25) is 4.79 Å². The van der Waals surface area contributed by atoms with Crippen LogP contribution in [0.3, 0.4) is 0 Å². The van der Waals surface area contributed by atoms with Crippen molar-refractivity contribution in [3.05, 3.63) is 23.8 Å². The quantitative estimate of drug-likeness (QED) is 0.647.